The Morgan fingerprint density at radius 3 is 1.82 bits per heavy atom. The molecular weight excluding hydrogens is 334 g/mol. The average Bonchev–Trinajstić information content (AvgIpc) is 2.55. The van der Waals surface area contributed by atoms with E-state index in [2.05, 4.69) is 0 Å². The molecule has 0 aliphatic heterocycles. The Kier molecular flexibility index (Phi) is 4.40. The SMILES string of the molecule is O=P(c1ccccc1)(c1ccc(Cl)cc1)c1cccc(Cl)c1. The lowest BCUT2D eigenvalue weighted by Crippen LogP contribution is -2.24. The standard InChI is InChI=1S/C18H13Cl2OP/c19-14-9-11-17(12-10-14)22(21,16-6-2-1-3-7-16)18-8-4-5-15(20)13-18/h1-13H. The Hall–Kier alpha value is -1.53. The summed E-state index contributed by atoms with van der Waals surface area (Å²) in [4.78, 5) is 0. The van der Waals surface area contributed by atoms with Crippen LogP contribution in [-0.2, 0) is 4.57 Å². The van der Waals surface area contributed by atoms with Crippen LogP contribution in [0.1, 0.15) is 0 Å². The Balaban J connectivity index is 2.27. The fraction of sp³-hybridized carbons (Fsp3) is 0. The molecule has 0 spiro atoms. The second kappa shape index (κ2) is 6.30. The van der Waals surface area contributed by atoms with Crippen molar-refractivity contribution in [3.63, 3.8) is 0 Å². The van der Waals surface area contributed by atoms with Gasteiger partial charge in [-0.15, -0.1) is 0 Å². The van der Waals surface area contributed by atoms with Crippen molar-refractivity contribution in [1.82, 2.24) is 0 Å². The number of rotatable bonds is 3. The predicted octanol–water partition coefficient (Wildman–Crippen LogP) is 4.63. The van der Waals surface area contributed by atoms with E-state index in [4.69, 9.17) is 23.2 Å². The van der Waals surface area contributed by atoms with Gasteiger partial charge in [0.2, 0.25) is 0 Å². The van der Waals surface area contributed by atoms with Crippen molar-refractivity contribution < 1.29 is 4.57 Å². The van der Waals surface area contributed by atoms with Gasteiger partial charge in [0.15, 0.2) is 7.14 Å². The maximum absolute atomic E-state index is 14.0. The van der Waals surface area contributed by atoms with Gasteiger partial charge in [0.05, 0.1) is 0 Å². The van der Waals surface area contributed by atoms with Crippen LogP contribution in [0, 0.1) is 0 Å². The molecule has 4 heteroatoms. The molecular formula is C18H13Cl2OP. The molecule has 0 aliphatic carbocycles. The van der Waals surface area contributed by atoms with E-state index in [9.17, 15) is 4.57 Å². The number of hydrogen-bond donors (Lipinski definition) is 0. The van der Waals surface area contributed by atoms with Crippen LogP contribution in [0.25, 0.3) is 0 Å². The summed E-state index contributed by atoms with van der Waals surface area (Å²) >= 11 is 12.1. The van der Waals surface area contributed by atoms with Crippen molar-refractivity contribution >= 4 is 46.3 Å². The average molecular weight is 347 g/mol. The molecule has 0 radical (unpaired) electrons. The summed E-state index contributed by atoms with van der Waals surface area (Å²) in [6, 6.07) is 23.8. The van der Waals surface area contributed by atoms with Crippen molar-refractivity contribution in [1.29, 1.82) is 0 Å². The van der Waals surface area contributed by atoms with Gasteiger partial charge in [-0.05, 0) is 36.4 Å². The van der Waals surface area contributed by atoms with E-state index in [1.54, 1.807) is 24.3 Å². The van der Waals surface area contributed by atoms with Crippen molar-refractivity contribution in [3.05, 3.63) is 88.9 Å². The molecule has 3 rings (SSSR count). The van der Waals surface area contributed by atoms with E-state index >= 15 is 0 Å². The minimum atomic E-state index is -2.97. The molecule has 0 aliphatic rings. The van der Waals surface area contributed by atoms with Crippen LogP contribution in [0.3, 0.4) is 0 Å². The summed E-state index contributed by atoms with van der Waals surface area (Å²) < 4.78 is 14.0. The Labute approximate surface area is 139 Å². The first-order chi connectivity index (χ1) is 10.6. The summed E-state index contributed by atoms with van der Waals surface area (Å²) in [5.41, 5.74) is 0. The molecule has 22 heavy (non-hydrogen) atoms. The largest absolute Gasteiger partial charge is 0.309 e. The molecule has 0 saturated heterocycles. The van der Waals surface area contributed by atoms with Crippen LogP contribution in [-0.4, -0.2) is 0 Å². The molecule has 1 nitrogen and oxygen atoms in total. The highest BCUT2D eigenvalue weighted by Crippen LogP contribution is 2.42. The van der Waals surface area contributed by atoms with Gasteiger partial charge in [0, 0.05) is 26.0 Å². The van der Waals surface area contributed by atoms with Gasteiger partial charge in [0.25, 0.3) is 0 Å². The molecule has 0 aromatic heterocycles. The molecule has 1 atom stereocenters. The van der Waals surface area contributed by atoms with Gasteiger partial charge < -0.3 is 4.57 Å². The molecule has 3 aromatic carbocycles. The van der Waals surface area contributed by atoms with E-state index in [-0.39, 0.29) is 0 Å². The third-order valence-electron chi connectivity index (χ3n) is 3.48. The van der Waals surface area contributed by atoms with Crippen LogP contribution in [0.4, 0.5) is 0 Å². The zero-order valence-corrected chi connectivity index (χ0v) is 14.0. The first-order valence-corrected chi connectivity index (χ1v) is 9.25. The number of hydrogen-bond acceptors (Lipinski definition) is 1. The first-order valence-electron chi connectivity index (χ1n) is 6.78. The van der Waals surface area contributed by atoms with E-state index in [1.807, 2.05) is 54.6 Å². The van der Waals surface area contributed by atoms with Crippen LogP contribution < -0.4 is 15.9 Å². The smallest absolute Gasteiger partial charge is 0.171 e. The fourth-order valence-electron chi connectivity index (χ4n) is 2.41. The summed E-state index contributed by atoms with van der Waals surface area (Å²) in [6.45, 7) is 0. The van der Waals surface area contributed by atoms with Crippen LogP contribution in [0.5, 0.6) is 0 Å². The zero-order valence-electron chi connectivity index (χ0n) is 11.6. The first kappa shape index (κ1) is 15.4. The van der Waals surface area contributed by atoms with E-state index < -0.39 is 7.14 Å². The minimum Gasteiger partial charge on any atom is -0.309 e. The summed E-state index contributed by atoms with van der Waals surface area (Å²) in [7, 11) is -2.97. The Morgan fingerprint density at radius 2 is 1.18 bits per heavy atom. The Bertz CT molecular complexity index is 829. The Morgan fingerprint density at radius 1 is 0.591 bits per heavy atom. The van der Waals surface area contributed by atoms with Gasteiger partial charge in [-0.1, -0.05) is 65.7 Å². The third kappa shape index (κ3) is 2.85. The maximum atomic E-state index is 14.0. The van der Waals surface area contributed by atoms with Gasteiger partial charge in [0.1, 0.15) is 0 Å². The monoisotopic (exact) mass is 346 g/mol. The van der Waals surface area contributed by atoms with E-state index in [0.717, 1.165) is 10.6 Å². The van der Waals surface area contributed by atoms with Gasteiger partial charge in [-0.2, -0.15) is 0 Å². The number of halogens is 2. The molecule has 0 fully saturated rings. The second-order valence-corrected chi connectivity index (χ2v) is 8.54. The van der Waals surface area contributed by atoms with Crippen molar-refractivity contribution in [2.24, 2.45) is 0 Å². The highest BCUT2D eigenvalue weighted by molar-refractivity contribution is 7.85. The van der Waals surface area contributed by atoms with Crippen LogP contribution >= 0.6 is 30.3 Å². The minimum absolute atomic E-state index is 0.572. The van der Waals surface area contributed by atoms with Gasteiger partial charge >= 0.3 is 0 Å². The van der Waals surface area contributed by atoms with Crippen LogP contribution in [0.15, 0.2) is 78.9 Å². The van der Waals surface area contributed by atoms with E-state index in [1.165, 1.54) is 0 Å². The van der Waals surface area contributed by atoms with Gasteiger partial charge in [-0.3, -0.25) is 0 Å². The molecule has 0 N–H and O–H groups in total. The van der Waals surface area contributed by atoms with Crippen molar-refractivity contribution in [3.8, 4) is 0 Å². The lowest BCUT2D eigenvalue weighted by molar-refractivity contribution is 0.592. The molecule has 0 bridgehead atoms. The fourth-order valence-corrected chi connectivity index (χ4v) is 5.47. The molecule has 1 unspecified atom stereocenters. The zero-order chi connectivity index (χ0) is 15.6. The third-order valence-corrected chi connectivity index (χ3v) is 7.03. The molecule has 0 amide bonds. The molecule has 0 heterocycles. The number of benzene rings is 3. The predicted molar refractivity (Wildman–Crippen MR) is 95.9 cm³/mol. The summed E-state index contributed by atoms with van der Waals surface area (Å²) in [5.74, 6) is 0. The van der Waals surface area contributed by atoms with Gasteiger partial charge in [-0.25, -0.2) is 0 Å². The molecule has 110 valence electrons. The molecule has 3 aromatic rings. The lowest BCUT2D eigenvalue weighted by Gasteiger charge is -2.20. The van der Waals surface area contributed by atoms with Crippen LogP contribution in [0.2, 0.25) is 10.0 Å². The van der Waals surface area contributed by atoms with E-state index in [0.29, 0.717) is 15.3 Å². The normalized spacial score (nSPS) is 13.5. The topological polar surface area (TPSA) is 17.1 Å². The highest BCUT2D eigenvalue weighted by atomic mass is 35.5. The summed E-state index contributed by atoms with van der Waals surface area (Å²) in [5, 5.41) is 3.43. The van der Waals surface area contributed by atoms with Crippen molar-refractivity contribution in [2.45, 2.75) is 0 Å². The second-order valence-electron chi connectivity index (χ2n) is 4.90. The molecule has 0 saturated carbocycles. The van der Waals surface area contributed by atoms with Crippen molar-refractivity contribution in [2.75, 3.05) is 0 Å². The lowest BCUT2D eigenvalue weighted by atomic mass is 10.3. The maximum Gasteiger partial charge on any atom is 0.171 e. The highest BCUT2D eigenvalue weighted by Gasteiger charge is 2.29. The summed E-state index contributed by atoms with van der Waals surface area (Å²) in [6.07, 6.45) is 0. The quantitative estimate of drug-likeness (QED) is 0.631.